The largest absolute Gasteiger partial charge is 0.312 e. The lowest BCUT2D eigenvalue weighted by atomic mass is 10.3. The molecule has 1 aromatic carbocycles. The number of hydrogen-bond donors (Lipinski definition) is 1. The number of benzene rings is 1. The van der Waals surface area contributed by atoms with Crippen molar-refractivity contribution in [3.8, 4) is 0 Å². The first-order chi connectivity index (χ1) is 9.25. The van der Waals surface area contributed by atoms with Crippen molar-refractivity contribution in [1.82, 2.24) is 10.3 Å². The summed E-state index contributed by atoms with van der Waals surface area (Å²) in [4.78, 5) is 4.76. The van der Waals surface area contributed by atoms with E-state index in [1.807, 2.05) is 18.3 Å². The van der Waals surface area contributed by atoms with Gasteiger partial charge in [-0.1, -0.05) is 6.07 Å². The molecule has 1 heterocycles. The molecule has 2 rings (SSSR count). The van der Waals surface area contributed by atoms with Crippen molar-refractivity contribution in [3.05, 3.63) is 59.9 Å². The van der Waals surface area contributed by atoms with Gasteiger partial charge in [0, 0.05) is 36.1 Å². The number of pyridine rings is 1. The number of aromatic nitrogens is 1. The Morgan fingerprint density at radius 2 is 2.05 bits per heavy atom. The van der Waals surface area contributed by atoms with E-state index in [2.05, 4.69) is 10.3 Å². The molecule has 0 aliphatic carbocycles. The molecular formula is C14H14F2N2S. The first-order valence-corrected chi connectivity index (χ1v) is 6.92. The minimum Gasteiger partial charge on any atom is -0.312 e. The number of nitrogens with one attached hydrogen (secondary N) is 1. The first kappa shape index (κ1) is 14.0. The second-order valence-corrected chi connectivity index (χ2v) is 5.13. The molecule has 2 nitrogen and oxygen atoms in total. The molecule has 1 N–H and O–H groups in total. The van der Waals surface area contributed by atoms with Gasteiger partial charge in [0.25, 0.3) is 0 Å². The van der Waals surface area contributed by atoms with Crippen LogP contribution in [0.2, 0.25) is 0 Å². The van der Waals surface area contributed by atoms with Crippen LogP contribution in [0.15, 0.2) is 47.6 Å². The van der Waals surface area contributed by atoms with Crippen LogP contribution in [-0.4, -0.2) is 17.3 Å². The molecular weight excluding hydrogens is 266 g/mol. The summed E-state index contributed by atoms with van der Waals surface area (Å²) >= 11 is 1.49. The molecule has 0 unspecified atom stereocenters. The number of rotatable bonds is 6. The minimum absolute atomic E-state index is 0.738. The zero-order chi connectivity index (χ0) is 13.5. The highest BCUT2D eigenvalue weighted by Gasteiger charge is 2.02. The zero-order valence-electron chi connectivity index (χ0n) is 10.3. The maximum Gasteiger partial charge on any atom is 0.159 e. The highest BCUT2D eigenvalue weighted by Crippen LogP contribution is 2.19. The van der Waals surface area contributed by atoms with Crippen LogP contribution in [0, 0.1) is 11.6 Å². The van der Waals surface area contributed by atoms with Gasteiger partial charge in [0.15, 0.2) is 11.6 Å². The standard InChI is InChI=1S/C14H14F2N2S/c15-13-4-3-12(8-14(13)16)19-7-6-18-10-11-2-1-5-17-9-11/h1-5,8-9,18H,6-7,10H2. The van der Waals surface area contributed by atoms with Gasteiger partial charge >= 0.3 is 0 Å². The Balaban J connectivity index is 1.68. The Morgan fingerprint density at radius 3 is 2.79 bits per heavy atom. The lowest BCUT2D eigenvalue weighted by Gasteiger charge is -2.05. The van der Waals surface area contributed by atoms with Crippen molar-refractivity contribution >= 4 is 11.8 Å². The predicted octanol–water partition coefficient (Wildman–Crippen LogP) is 3.24. The Hall–Kier alpha value is -1.46. The number of thioether (sulfide) groups is 1. The highest BCUT2D eigenvalue weighted by atomic mass is 32.2. The number of hydrogen-bond acceptors (Lipinski definition) is 3. The van der Waals surface area contributed by atoms with E-state index >= 15 is 0 Å². The van der Waals surface area contributed by atoms with E-state index < -0.39 is 11.6 Å². The maximum atomic E-state index is 13.0. The molecule has 19 heavy (non-hydrogen) atoms. The second-order valence-electron chi connectivity index (χ2n) is 3.96. The van der Waals surface area contributed by atoms with E-state index in [9.17, 15) is 8.78 Å². The van der Waals surface area contributed by atoms with Gasteiger partial charge in [0.05, 0.1) is 0 Å². The van der Waals surface area contributed by atoms with E-state index in [1.165, 1.54) is 17.8 Å². The Kier molecular flexibility index (Phi) is 5.30. The third-order valence-electron chi connectivity index (χ3n) is 2.49. The fraction of sp³-hybridized carbons (Fsp3) is 0.214. The van der Waals surface area contributed by atoms with Crippen LogP contribution in [0.4, 0.5) is 8.78 Å². The van der Waals surface area contributed by atoms with Crippen LogP contribution < -0.4 is 5.32 Å². The van der Waals surface area contributed by atoms with Crippen molar-refractivity contribution < 1.29 is 8.78 Å². The topological polar surface area (TPSA) is 24.9 Å². The van der Waals surface area contributed by atoms with Crippen LogP contribution in [0.3, 0.4) is 0 Å². The van der Waals surface area contributed by atoms with Gasteiger partial charge in [-0.2, -0.15) is 0 Å². The van der Waals surface area contributed by atoms with E-state index in [1.54, 1.807) is 12.3 Å². The Labute approximate surface area is 115 Å². The van der Waals surface area contributed by atoms with Crippen LogP contribution in [-0.2, 0) is 6.54 Å². The quantitative estimate of drug-likeness (QED) is 0.649. The van der Waals surface area contributed by atoms with Crippen molar-refractivity contribution in [2.75, 3.05) is 12.3 Å². The summed E-state index contributed by atoms with van der Waals surface area (Å²) in [5, 5.41) is 3.27. The van der Waals surface area contributed by atoms with E-state index in [0.717, 1.165) is 35.4 Å². The summed E-state index contributed by atoms with van der Waals surface area (Å²) < 4.78 is 25.7. The molecule has 0 aliphatic rings. The van der Waals surface area contributed by atoms with Crippen LogP contribution in [0.5, 0.6) is 0 Å². The van der Waals surface area contributed by atoms with Crippen molar-refractivity contribution in [1.29, 1.82) is 0 Å². The van der Waals surface area contributed by atoms with Crippen LogP contribution >= 0.6 is 11.8 Å². The molecule has 100 valence electrons. The lowest BCUT2D eigenvalue weighted by molar-refractivity contribution is 0.506. The number of halogens is 2. The molecule has 0 aliphatic heterocycles. The van der Waals surface area contributed by atoms with Crippen LogP contribution in [0.25, 0.3) is 0 Å². The smallest absolute Gasteiger partial charge is 0.159 e. The Bertz CT molecular complexity index is 520. The van der Waals surface area contributed by atoms with Crippen LogP contribution in [0.1, 0.15) is 5.56 Å². The lowest BCUT2D eigenvalue weighted by Crippen LogP contribution is -2.16. The normalized spacial score (nSPS) is 10.6. The molecule has 1 aromatic heterocycles. The fourth-order valence-electron chi connectivity index (χ4n) is 1.54. The van der Waals surface area contributed by atoms with Gasteiger partial charge in [-0.15, -0.1) is 11.8 Å². The molecule has 0 saturated heterocycles. The third-order valence-corrected chi connectivity index (χ3v) is 3.49. The first-order valence-electron chi connectivity index (χ1n) is 5.93. The summed E-state index contributed by atoms with van der Waals surface area (Å²) in [6, 6.07) is 7.86. The molecule has 0 atom stereocenters. The van der Waals surface area contributed by atoms with Gasteiger partial charge in [-0.05, 0) is 29.8 Å². The molecule has 2 aromatic rings. The molecule has 0 spiro atoms. The molecule has 0 radical (unpaired) electrons. The summed E-state index contributed by atoms with van der Waals surface area (Å²) in [6.45, 7) is 1.55. The van der Waals surface area contributed by atoms with Gasteiger partial charge < -0.3 is 5.32 Å². The summed E-state index contributed by atoms with van der Waals surface area (Å²) in [6.07, 6.45) is 3.55. The maximum absolute atomic E-state index is 13.0. The molecule has 0 bridgehead atoms. The number of nitrogens with zero attached hydrogens (tertiary/aromatic N) is 1. The monoisotopic (exact) mass is 280 g/mol. The van der Waals surface area contributed by atoms with E-state index in [-0.39, 0.29) is 0 Å². The minimum atomic E-state index is -0.806. The summed E-state index contributed by atoms with van der Waals surface area (Å²) in [5.74, 6) is -0.807. The third kappa shape index (κ3) is 4.61. The summed E-state index contributed by atoms with van der Waals surface area (Å²) in [7, 11) is 0. The SMILES string of the molecule is Fc1ccc(SCCNCc2cccnc2)cc1F. The molecule has 5 heteroatoms. The van der Waals surface area contributed by atoms with E-state index in [4.69, 9.17) is 0 Å². The molecule has 0 fully saturated rings. The van der Waals surface area contributed by atoms with Crippen molar-refractivity contribution in [2.45, 2.75) is 11.4 Å². The molecule has 0 amide bonds. The molecule has 0 saturated carbocycles. The van der Waals surface area contributed by atoms with Gasteiger partial charge in [-0.25, -0.2) is 8.78 Å². The summed E-state index contributed by atoms with van der Waals surface area (Å²) in [5.41, 5.74) is 1.13. The Morgan fingerprint density at radius 1 is 1.16 bits per heavy atom. The van der Waals surface area contributed by atoms with Crippen molar-refractivity contribution in [2.24, 2.45) is 0 Å². The fourth-order valence-corrected chi connectivity index (χ4v) is 2.38. The predicted molar refractivity (Wildman–Crippen MR) is 73.0 cm³/mol. The van der Waals surface area contributed by atoms with Gasteiger partial charge in [0.2, 0.25) is 0 Å². The average Bonchev–Trinajstić information content (AvgIpc) is 2.43. The zero-order valence-corrected chi connectivity index (χ0v) is 11.1. The van der Waals surface area contributed by atoms with E-state index in [0.29, 0.717) is 0 Å². The average molecular weight is 280 g/mol. The van der Waals surface area contributed by atoms with Crippen molar-refractivity contribution in [3.63, 3.8) is 0 Å². The second kappa shape index (κ2) is 7.21. The highest BCUT2D eigenvalue weighted by molar-refractivity contribution is 7.99. The van der Waals surface area contributed by atoms with Gasteiger partial charge in [0.1, 0.15) is 0 Å². The van der Waals surface area contributed by atoms with Gasteiger partial charge in [-0.3, -0.25) is 4.98 Å².